The highest BCUT2D eigenvalue weighted by Gasteiger charge is 2.18. The third-order valence-corrected chi connectivity index (χ3v) is 11.0. The summed E-state index contributed by atoms with van der Waals surface area (Å²) < 4.78 is 19.1. The zero-order valence-corrected chi connectivity index (χ0v) is 30.3. The standard InChI is InChI=1S/C51H29N3O3/c1-2-10-30(11-3-1)36-15-8-16-40-39-27-25-34(29-46(39)57-48(36)40)51-53-49(52-50(54-51)33-24-26-38-37-12-4-6-17-42(37)56-45(38)28-33)32-22-20-31(21-23-32)35-14-9-19-44-47(35)41-13-5-7-18-43(41)55-44/h1-29H. The lowest BCUT2D eigenvalue weighted by atomic mass is 9.98. The quantitative estimate of drug-likeness (QED) is 0.175. The van der Waals surface area contributed by atoms with E-state index in [4.69, 9.17) is 28.2 Å². The van der Waals surface area contributed by atoms with Crippen LogP contribution in [0.4, 0.5) is 0 Å². The second-order valence-corrected chi connectivity index (χ2v) is 14.3. The van der Waals surface area contributed by atoms with Gasteiger partial charge < -0.3 is 13.3 Å². The van der Waals surface area contributed by atoms with E-state index in [2.05, 4.69) is 97.1 Å². The van der Waals surface area contributed by atoms with E-state index in [9.17, 15) is 0 Å². The number of rotatable bonds is 5. The molecule has 6 heteroatoms. The fraction of sp³-hybridized carbons (Fsp3) is 0. The van der Waals surface area contributed by atoms with Gasteiger partial charge in [0.1, 0.15) is 33.5 Å². The highest BCUT2D eigenvalue weighted by Crippen LogP contribution is 2.40. The van der Waals surface area contributed by atoms with Crippen LogP contribution < -0.4 is 0 Å². The van der Waals surface area contributed by atoms with Crippen molar-refractivity contribution in [2.24, 2.45) is 0 Å². The molecule has 0 fully saturated rings. The van der Waals surface area contributed by atoms with Gasteiger partial charge in [0.2, 0.25) is 0 Å². The van der Waals surface area contributed by atoms with Gasteiger partial charge in [0, 0.05) is 54.6 Å². The molecule has 0 aliphatic heterocycles. The Kier molecular flexibility index (Phi) is 6.83. The van der Waals surface area contributed by atoms with Gasteiger partial charge in [-0.3, -0.25) is 0 Å². The lowest BCUT2D eigenvalue weighted by molar-refractivity contribution is 0.668. The Morgan fingerprint density at radius 3 is 1.51 bits per heavy atom. The van der Waals surface area contributed by atoms with Crippen LogP contribution >= 0.6 is 0 Å². The summed E-state index contributed by atoms with van der Waals surface area (Å²) >= 11 is 0. The molecule has 0 N–H and O–H groups in total. The van der Waals surface area contributed by atoms with Crippen LogP contribution in [0.25, 0.3) is 122 Å². The summed E-state index contributed by atoms with van der Waals surface area (Å²) in [6.07, 6.45) is 0. The van der Waals surface area contributed by atoms with Crippen LogP contribution in [0.5, 0.6) is 0 Å². The smallest absolute Gasteiger partial charge is 0.164 e. The van der Waals surface area contributed by atoms with E-state index in [1.54, 1.807) is 0 Å². The molecule has 0 spiro atoms. The Morgan fingerprint density at radius 2 is 0.754 bits per heavy atom. The predicted octanol–water partition coefficient (Wildman–Crippen LogP) is 13.9. The maximum atomic E-state index is 6.62. The lowest BCUT2D eigenvalue weighted by Crippen LogP contribution is -2.00. The molecule has 4 aromatic heterocycles. The van der Waals surface area contributed by atoms with Crippen LogP contribution in [-0.2, 0) is 0 Å². The first-order valence-electron chi connectivity index (χ1n) is 18.9. The number of hydrogen-bond donors (Lipinski definition) is 0. The summed E-state index contributed by atoms with van der Waals surface area (Å²) in [6, 6.07) is 59.9. The molecule has 0 amide bonds. The van der Waals surface area contributed by atoms with Gasteiger partial charge in [-0.2, -0.15) is 0 Å². The number of hydrogen-bond acceptors (Lipinski definition) is 6. The van der Waals surface area contributed by atoms with Crippen molar-refractivity contribution >= 4 is 65.8 Å². The first-order valence-corrected chi connectivity index (χ1v) is 18.9. The first kappa shape index (κ1) is 31.5. The van der Waals surface area contributed by atoms with Gasteiger partial charge in [0.25, 0.3) is 0 Å². The van der Waals surface area contributed by atoms with Gasteiger partial charge in [-0.1, -0.05) is 133 Å². The molecule has 4 heterocycles. The van der Waals surface area contributed by atoms with Gasteiger partial charge in [-0.15, -0.1) is 0 Å². The summed E-state index contributed by atoms with van der Waals surface area (Å²) in [7, 11) is 0. The molecule has 0 atom stereocenters. The van der Waals surface area contributed by atoms with Gasteiger partial charge in [0.05, 0.1) is 0 Å². The minimum absolute atomic E-state index is 0.545. The van der Waals surface area contributed by atoms with E-state index >= 15 is 0 Å². The van der Waals surface area contributed by atoms with Crippen LogP contribution in [0.15, 0.2) is 189 Å². The summed E-state index contributed by atoms with van der Waals surface area (Å²) in [5.74, 6) is 1.66. The number of aromatic nitrogens is 3. The largest absolute Gasteiger partial charge is 0.456 e. The molecule has 0 saturated carbocycles. The minimum Gasteiger partial charge on any atom is -0.456 e. The monoisotopic (exact) mass is 731 g/mol. The molecule has 8 aromatic carbocycles. The molecule has 0 radical (unpaired) electrons. The van der Waals surface area contributed by atoms with Gasteiger partial charge in [-0.05, 0) is 59.2 Å². The SMILES string of the molecule is c1ccc(-c2cccc3c2oc2cc(-c4nc(-c5ccc(-c6cccc7oc8ccccc8c67)cc5)nc(-c5ccc6c(c5)oc5ccccc56)n4)ccc23)cc1. The van der Waals surface area contributed by atoms with Crippen LogP contribution in [-0.4, -0.2) is 15.0 Å². The molecule has 6 nitrogen and oxygen atoms in total. The summed E-state index contributed by atoms with van der Waals surface area (Å²) in [5, 5.41) is 6.41. The molecule has 0 saturated heterocycles. The van der Waals surface area contributed by atoms with Gasteiger partial charge >= 0.3 is 0 Å². The molecule has 12 rings (SSSR count). The van der Waals surface area contributed by atoms with Crippen molar-refractivity contribution < 1.29 is 13.3 Å². The van der Waals surface area contributed by atoms with Crippen LogP contribution in [0.1, 0.15) is 0 Å². The van der Waals surface area contributed by atoms with Crippen LogP contribution in [0.2, 0.25) is 0 Å². The molecular formula is C51H29N3O3. The van der Waals surface area contributed by atoms with E-state index in [0.717, 1.165) is 105 Å². The Hall–Kier alpha value is -7.83. The van der Waals surface area contributed by atoms with Crippen molar-refractivity contribution in [3.8, 4) is 56.4 Å². The Bertz CT molecular complexity index is 3520. The highest BCUT2D eigenvalue weighted by molar-refractivity contribution is 6.13. The van der Waals surface area contributed by atoms with Crippen molar-refractivity contribution in [3.05, 3.63) is 176 Å². The zero-order chi connectivity index (χ0) is 37.5. The Morgan fingerprint density at radius 1 is 0.281 bits per heavy atom. The maximum Gasteiger partial charge on any atom is 0.164 e. The fourth-order valence-corrected chi connectivity index (χ4v) is 8.22. The minimum atomic E-state index is 0.545. The number of furan rings is 3. The normalized spacial score (nSPS) is 11.9. The highest BCUT2D eigenvalue weighted by atomic mass is 16.3. The molecule has 266 valence electrons. The predicted molar refractivity (Wildman–Crippen MR) is 229 cm³/mol. The van der Waals surface area contributed by atoms with Crippen molar-refractivity contribution in [1.29, 1.82) is 0 Å². The first-order chi connectivity index (χ1) is 28.2. The van der Waals surface area contributed by atoms with E-state index in [-0.39, 0.29) is 0 Å². The lowest BCUT2D eigenvalue weighted by Gasteiger charge is -2.10. The van der Waals surface area contributed by atoms with Crippen LogP contribution in [0.3, 0.4) is 0 Å². The second kappa shape index (κ2) is 12.3. The van der Waals surface area contributed by atoms with E-state index < -0.39 is 0 Å². The number of para-hydroxylation sites is 3. The summed E-state index contributed by atoms with van der Waals surface area (Å²) in [6.45, 7) is 0. The van der Waals surface area contributed by atoms with Gasteiger partial charge in [-0.25, -0.2) is 15.0 Å². The number of fused-ring (bicyclic) bond motifs is 9. The number of nitrogens with zero attached hydrogens (tertiary/aromatic N) is 3. The second-order valence-electron chi connectivity index (χ2n) is 14.3. The van der Waals surface area contributed by atoms with Crippen molar-refractivity contribution in [2.75, 3.05) is 0 Å². The third-order valence-electron chi connectivity index (χ3n) is 11.0. The van der Waals surface area contributed by atoms with E-state index in [1.807, 2.05) is 78.9 Å². The maximum absolute atomic E-state index is 6.62. The number of benzene rings is 8. The van der Waals surface area contributed by atoms with E-state index in [1.165, 1.54) is 0 Å². The zero-order valence-electron chi connectivity index (χ0n) is 30.3. The van der Waals surface area contributed by atoms with Crippen LogP contribution in [0, 0.1) is 0 Å². The topological polar surface area (TPSA) is 78.1 Å². The molecule has 57 heavy (non-hydrogen) atoms. The van der Waals surface area contributed by atoms with Crippen molar-refractivity contribution in [3.63, 3.8) is 0 Å². The average Bonchev–Trinajstić information content (AvgIpc) is 3.97. The fourth-order valence-electron chi connectivity index (χ4n) is 8.22. The summed E-state index contributed by atoms with van der Waals surface area (Å²) in [5.41, 5.74) is 11.9. The van der Waals surface area contributed by atoms with E-state index in [0.29, 0.717) is 17.5 Å². The van der Waals surface area contributed by atoms with Crippen molar-refractivity contribution in [1.82, 2.24) is 15.0 Å². The molecule has 0 bridgehead atoms. The molecule has 0 aliphatic carbocycles. The molecule has 0 unspecified atom stereocenters. The molecular weight excluding hydrogens is 703 g/mol. The molecule has 0 aliphatic rings. The van der Waals surface area contributed by atoms with Crippen molar-refractivity contribution in [2.45, 2.75) is 0 Å². The Balaban J connectivity index is 1.01. The third kappa shape index (κ3) is 5.08. The molecule has 12 aromatic rings. The Labute approximate surface area is 325 Å². The average molecular weight is 732 g/mol. The van der Waals surface area contributed by atoms with Gasteiger partial charge in [0.15, 0.2) is 17.5 Å². The summed E-state index contributed by atoms with van der Waals surface area (Å²) in [4.78, 5) is 15.3.